The van der Waals surface area contributed by atoms with Gasteiger partial charge in [0.1, 0.15) is 11.9 Å². The van der Waals surface area contributed by atoms with Gasteiger partial charge >= 0.3 is 0 Å². The Hall–Kier alpha value is -3.03. The molecule has 3 heterocycles. The van der Waals surface area contributed by atoms with Crippen LogP contribution in [0.4, 0.5) is 5.82 Å². The molecule has 0 saturated carbocycles. The van der Waals surface area contributed by atoms with E-state index in [1.807, 2.05) is 36.4 Å². The molecule has 150 valence electrons. The molecular formula is C25H23ClN4. The van der Waals surface area contributed by atoms with E-state index in [-0.39, 0.29) is 0 Å². The Labute approximate surface area is 181 Å². The summed E-state index contributed by atoms with van der Waals surface area (Å²) in [6.45, 7) is 4.09. The highest BCUT2D eigenvalue weighted by Crippen LogP contribution is 2.36. The van der Waals surface area contributed by atoms with E-state index < -0.39 is 0 Å². The minimum absolute atomic E-state index is 0.647. The van der Waals surface area contributed by atoms with Crippen molar-refractivity contribution in [3.05, 3.63) is 75.8 Å². The van der Waals surface area contributed by atoms with Crippen LogP contribution in [0.2, 0.25) is 5.02 Å². The summed E-state index contributed by atoms with van der Waals surface area (Å²) in [6.07, 6.45) is 4.31. The minimum atomic E-state index is 0.647. The zero-order valence-electron chi connectivity index (χ0n) is 17.0. The van der Waals surface area contributed by atoms with E-state index >= 15 is 0 Å². The van der Waals surface area contributed by atoms with Crippen molar-refractivity contribution in [3.63, 3.8) is 0 Å². The number of benzene rings is 2. The number of anilines is 1. The summed E-state index contributed by atoms with van der Waals surface area (Å²) in [4.78, 5) is 7.33. The second kappa shape index (κ2) is 7.66. The number of para-hydroxylation sites is 2. The van der Waals surface area contributed by atoms with Gasteiger partial charge in [0.05, 0.1) is 16.6 Å². The smallest absolute Gasteiger partial charge is 0.157 e. The number of imidazole rings is 1. The first-order valence-corrected chi connectivity index (χ1v) is 10.9. The molecule has 1 saturated heterocycles. The number of aromatic nitrogens is 2. The SMILES string of the molecule is Cc1c(Cc2ccccc2Cl)c(N2CCCCC2)n2c(nc3ccccc32)c1C#N. The number of pyridine rings is 1. The zero-order chi connectivity index (χ0) is 20.7. The highest BCUT2D eigenvalue weighted by atomic mass is 35.5. The van der Waals surface area contributed by atoms with Crippen molar-refractivity contribution < 1.29 is 0 Å². The van der Waals surface area contributed by atoms with E-state index in [0.29, 0.717) is 12.0 Å². The first kappa shape index (κ1) is 19.0. The predicted octanol–water partition coefficient (Wildman–Crippen LogP) is 5.90. The van der Waals surface area contributed by atoms with Crippen LogP contribution in [0, 0.1) is 18.3 Å². The van der Waals surface area contributed by atoms with Crippen molar-refractivity contribution in [1.82, 2.24) is 9.38 Å². The standard InChI is InChI=1S/C25H23ClN4/c1-17-19(15-18-9-3-4-10-21(18)26)25(29-13-7-2-8-14-29)30-23-12-6-5-11-22(23)28-24(30)20(17)16-27/h3-6,9-12H,2,7-8,13-15H2,1H3. The molecule has 5 rings (SSSR count). The fraction of sp³-hybridized carbons (Fsp3) is 0.280. The summed E-state index contributed by atoms with van der Waals surface area (Å²) in [7, 11) is 0. The van der Waals surface area contributed by atoms with Gasteiger partial charge in [-0.15, -0.1) is 0 Å². The molecule has 0 spiro atoms. The molecule has 0 N–H and O–H groups in total. The number of nitriles is 1. The molecule has 5 heteroatoms. The molecule has 0 amide bonds. The molecule has 2 aromatic carbocycles. The van der Waals surface area contributed by atoms with E-state index in [1.54, 1.807) is 0 Å². The van der Waals surface area contributed by atoms with Gasteiger partial charge in [-0.1, -0.05) is 41.9 Å². The Morgan fingerprint density at radius 3 is 2.53 bits per heavy atom. The minimum Gasteiger partial charge on any atom is -0.357 e. The number of halogens is 1. The molecule has 0 radical (unpaired) electrons. The molecule has 1 aliphatic heterocycles. The third kappa shape index (κ3) is 3.02. The van der Waals surface area contributed by atoms with E-state index in [2.05, 4.69) is 34.4 Å². The molecule has 30 heavy (non-hydrogen) atoms. The van der Waals surface area contributed by atoms with E-state index in [1.165, 1.54) is 19.3 Å². The van der Waals surface area contributed by atoms with Gasteiger partial charge in [0.25, 0.3) is 0 Å². The first-order valence-electron chi connectivity index (χ1n) is 10.5. The molecule has 0 bridgehead atoms. The summed E-state index contributed by atoms with van der Waals surface area (Å²) in [5.41, 5.74) is 6.60. The largest absolute Gasteiger partial charge is 0.357 e. The van der Waals surface area contributed by atoms with Crippen LogP contribution in [0.1, 0.15) is 41.5 Å². The average Bonchev–Trinajstić information content (AvgIpc) is 3.15. The number of fused-ring (bicyclic) bond motifs is 3. The fourth-order valence-corrected chi connectivity index (χ4v) is 4.85. The van der Waals surface area contributed by atoms with Crippen LogP contribution in [0.25, 0.3) is 16.7 Å². The van der Waals surface area contributed by atoms with Gasteiger partial charge in [-0.2, -0.15) is 5.26 Å². The summed E-state index contributed by atoms with van der Waals surface area (Å²) in [5.74, 6) is 1.16. The van der Waals surface area contributed by atoms with Crippen LogP contribution >= 0.6 is 11.6 Å². The molecule has 4 nitrogen and oxygen atoms in total. The van der Waals surface area contributed by atoms with Gasteiger partial charge in [0, 0.05) is 30.1 Å². The molecule has 2 aromatic heterocycles. The molecule has 1 fully saturated rings. The third-order valence-electron chi connectivity index (χ3n) is 6.19. The maximum absolute atomic E-state index is 10.0. The van der Waals surface area contributed by atoms with Crippen LogP contribution in [0.15, 0.2) is 48.5 Å². The maximum atomic E-state index is 10.0. The second-order valence-electron chi connectivity index (χ2n) is 7.99. The lowest BCUT2D eigenvalue weighted by molar-refractivity contribution is 0.570. The Morgan fingerprint density at radius 2 is 1.77 bits per heavy atom. The lowest BCUT2D eigenvalue weighted by Crippen LogP contribution is -2.32. The predicted molar refractivity (Wildman–Crippen MR) is 122 cm³/mol. The first-order chi connectivity index (χ1) is 14.7. The van der Waals surface area contributed by atoms with Gasteiger partial charge in [0.2, 0.25) is 0 Å². The fourth-order valence-electron chi connectivity index (χ4n) is 4.65. The number of nitrogens with zero attached hydrogens (tertiary/aromatic N) is 4. The molecule has 4 aromatic rings. The van der Waals surface area contributed by atoms with Crippen LogP contribution in [0.5, 0.6) is 0 Å². The maximum Gasteiger partial charge on any atom is 0.157 e. The van der Waals surface area contributed by atoms with Gasteiger partial charge < -0.3 is 4.90 Å². The van der Waals surface area contributed by atoms with Crippen molar-refractivity contribution in [2.24, 2.45) is 0 Å². The normalized spacial score (nSPS) is 14.4. The quantitative estimate of drug-likeness (QED) is 0.419. The Bertz CT molecular complexity index is 1290. The molecule has 0 aliphatic carbocycles. The van der Waals surface area contributed by atoms with E-state index in [4.69, 9.17) is 16.6 Å². The Morgan fingerprint density at radius 1 is 1.03 bits per heavy atom. The van der Waals surface area contributed by atoms with Crippen LogP contribution in [-0.2, 0) is 6.42 Å². The third-order valence-corrected chi connectivity index (χ3v) is 6.55. The number of piperidine rings is 1. The van der Waals surface area contributed by atoms with Crippen molar-refractivity contribution >= 4 is 34.1 Å². The summed E-state index contributed by atoms with van der Waals surface area (Å²) >= 11 is 6.53. The van der Waals surface area contributed by atoms with Crippen molar-refractivity contribution in [3.8, 4) is 6.07 Å². The van der Waals surface area contributed by atoms with Gasteiger partial charge in [0.15, 0.2) is 5.65 Å². The molecule has 0 unspecified atom stereocenters. The molecule has 1 aliphatic rings. The van der Waals surface area contributed by atoms with Crippen molar-refractivity contribution in [1.29, 1.82) is 5.26 Å². The number of hydrogen-bond acceptors (Lipinski definition) is 3. The average molecular weight is 415 g/mol. The highest BCUT2D eigenvalue weighted by molar-refractivity contribution is 6.31. The summed E-state index contributed by atoms with van der Waals surface area (Å²) in [6, 6.07) is 18.6. The van der Waals surface area contributed by atoms with Crippen LogP contribution in [-0.4, -0.2) is 22.5 Å². The van der Waals surface area contributed by atoms with Crippen molar-refractivity contribution in [2.45, 2.75) is 32.6 Å². The monoisotopic (exact) mass is 414 g/mol. The van der Waals surface area contributed by atoms with Gasteiger partial charge in [-0.25, -0.2) is 4.98 Å². The lowest BCUT2D eigenvalue weighted by atomic mass is 9.96. The molecular weight excluding hydrogens is 392 g/mol. The second-order valence-corrected chi connectivity index (χ2v) is 8.40. The topological polar surface area (TPSA) is 44.3 Å². The number of rotatable bonds is 3. The zero-order valence-corrected chi connectivity index (χ0v) is 17.8. The highest BCUT2D eigenvalue weighted by Gasteiger charge is 2.25. The van der Waals surface area contributed by atoms with Crippen LogP contribution in [0.3, 0.4) is 0 Å². The summed E-state index contributed by atoms with van der Waals surface area (Å²) < 4.78 is 2.21. The summed E-state index contributed by atoms with van der Waals surface area (Å²) in [5, 5.41) is 10.8. The van der Waals surface area contributed by atoms with E-state index in [9.17, 15) is 5.26 Å². The number of hydrogen-bond donors (Lipinski definition) is 0. The van der Waals surface area contributed by atoms with Crippen molar-refractivity contribution in [2.75, 3.05) is 18.0 Å². The Kier molecular flexibility index (Phi) is 4.84. The molecule has 0 atom stereocenters. The van der Waals surface area contributed by atoms with E-state index in [0.717, 1.165) is 57.3 Å². The van der Waals surface area contributed by atoms with Gasteiger partial charge in [-0.05, 0) is 55.5 Å². The van der Waals surface area contributed by atoms with Crippen LogP contribution < -0.4 is 4.90 Å². The lowest BCUT2D eigenvalue weighted by Gasteiger charge is -2.32. The Balaban J connectivity index is 1.87. The van der Waals surface area contributed by atoms with Gasteiger partial charge in [-0.3, -0.25) is 4.40 Å².